The van der Waals surface area contributed by atoms with E-state index in [0.717, 1.165) is 39.0 Å². The van der Waals surface area contributed by atoms with E-state index in [-0.39, 0.29) is 5.91 Å². The van der Waals surface area contributed by atoms with Crippen molar-refractivity contribution in [1.29, 1.82) is 0 Å². The first-order valence-electron chi connectivity index (χ1n) is 7.99. The normalized spacial score (nSPS) is 16.4. The van der Waals surface area contributed by atoms with Crippen LogP contribution in [0.2, 0.25) is 5.02 Å². The van der Waals surface area contributed by atoms with Gasteiger partial charge in [0, 0.05) is 28.6 Å². The van der Waals surface area contributed by atoms with Gasteiger partial charge >= 0.3 is 0 Å². The molecule has 1 aromatic carbocycles. The largest absolute Gasteiger partial charge is 0.352 e. The number of nitrogens with one attached hydrogen (secondary N) is 1. The zero-order valence-corrected chi connectivity index (χ0v) is 14.6. The van der Waals surface area contributed by atoms with Crippen LogP contribution in [0, 0.1) is 5.92 Å². The van der Waals surface area contributed by atoms with Crippen LogP contribution in [0.1, 0.15) is 28.1 Å². The van der Waals surface area contributed by atoms with Crippen LogP contribution in [0.25, 0.3) is 0 Å². The van der Waals surface area contributed by atoms with E-state index in [0.29, 0.717) is 16.5 Å². The summed E-state index contributed by atoms with van der Waals surface area (Å²) in [4.78, 5) is 16.0. The molecule has 1 amide bonds. The summed E-state index contributed by atoms with van der Waals surface area (Å²) in [6, 6.07) is 11.3. The van der Waals surface area contributed by atoms with Gasteiger partial charge in [0.05, 0.1) is 0 Å². The molecule has 1 saturated heterocycles. The van der Waals surface area contributed by atoms with Gasteiger partial charge in [-0.1, -0.05) is 17.7 Å². The van der Waals surface area contributed by atoms with Crippen molar-refractivity contribution < 1.29 is 4.79 Å². The Hall–Kier alpha value is -1.36. The van der Waals surface area contributed by atoms with E-state index in [4.69, 9.17) is 11.6 Å². The molecule has 0 spiro atoms. The van der Waals surface area contributed by atoms with Gasteiger partial charge in [-0.05, 0) is 67.6 Å². The number of halogens is 1. The van der Waals surface area contributed by atoms with E-state index in [2.05, 4.69) is 27.7 Å². The van der Waals surface area contributed by atoms with Crippen LogP contribution >= 0.6 is 22.9 Å². The number of rotatable bonds is 5. The Labute approximate surface area is 146 Å². The lowest BCUT2D eigenvalue weighted by atomic mass is 9.96. The smallest absolute Gasteiger partial charge is 0.251 e. The molecule has 0 saturated carbocycles. The standard InChI is InChI=1S/C18H21ClN2OS/c19-16-5-3-15(4-6-16)18(22)20-12-14-7-9-21(10-8-14)13-17-2-1-11-23-17/h1-6,11,14H,7-10,12-13H2,(H,20,22). The van der Waals surface area contributed by atoms with Gasteiger partial charge in [0.25, 0.3) is 5.91 Å². The summed E-state index contributed by atoms with van der Waals surface area (Å²) in [6.07, 6.45) is 2.29. The molecule has 23 heavy (non-hydrogen) atoms. The van der Waals surface area contributed by atoms with Gasteiger partial charge in [-0.2, -0.15) is 0 Å². The Balaban J connectivity index is 1.40. The number of benzene rings is 1. The van der Waals surface area contributed by atoms with Crippen LogP contribution < -0.4 is 5.32 Å². The van der Waals surface area contributed by atoms with Crippen molar-refractivity contribution in [3.63, 3.8) is 0 Å². The highest BCUT2D eigenvalue weighted by molar-refractivity contribution is 7.09. The van der Waals surface area contributed by atoms with Gasteiger partial charge < -0.3 is 5.32 Å². The van der Waals surface area contributed by atoms with E-state index in [1.165, 1.54) is 4.88 Å². The molecule has 2 aromatic rings. The molecule has 0 aliphatic carbocycles. The lowest BCUT2D eigenvalue weighted by Gasteiger charge is -2.31. The molecule has 122 valence electrons. The quantitative estimate of drug-likeness (QED) is 0.884. The molecule has 3 rings (SSSR count). The molecule has 0 bridgehead atoms. The van der Waals surface area contributed by atoms with Crippen molar-refractivity contribution >= 4 is 28.8 Å². The second-order valence-corrected chi connectivity index (χ2v) is 7.48. The molecular formula is C18H21ClN2OS. The minimum absolute atomic E-state index is 0.0114. The minimum Gasteiger partial charge on any atom is -0.352 e. The zero-order valence-electron chi connectivity index (χ0n) is 13.0. The number of hydrogen-bond acceptors (Lipinski definition) is 3. The van der Waals surface area contributed by atoms with Crippen LogP contribution in [-0.2, 0) is 6.54 Å². The van der Waals surface area contributed by atoms with Crippen LogP contribution in [0.4, 0.5) is 0 Å². The van der Waals surface area contributed by atoms with Crippen LogP contribution in [0.5, 0.6) is 0 Å². The summed E-state index contributed by atoms with van der Waals surface area (Å²) in [7, 11) is 0. The van der Waals surface area contributed by atoms with E-state index in [1.54, 1.807) is 24.3 Å². The van der Waals surface area contributed by atoms with Gasteiger partial charge in [0.15, 0.2) is 0 Å². The van der Waals surface area contributed by atoms with Gasteiger partial charge in [0.2, 0.25) is 0 Å². The van der Waals surface area contributed by atoms with Crippen molar-refractivity contribution in [3.05, 3.63) is 57.2 Å². The number of carbonyl (C=O) groups is 1. The number of hydrogen-bond donors (Lipinski definition) is 1. The Bertz CT molecular complexity index is 619. The topological polar surface area (TPSA) is 32.3 Å². The number of carbonyl (C=O) groups excluding carboxylic acids is 1. The van der Waals surface area contributed by atoms with Crippen LogP contribution in [-0.4, -0.2) is 30.4 Å². The number of piperidine rings is 1. The summed E-state index contributed by atoms with van der Waals surface area (Å²) in [6.45, 7) is 4.04. The number of thiophene rings is 1. The van der Waals surface area contributed by atoms with Gasteiger partial charge in [0.1, 0.15) is 0 Å². The maximum absolute atomic E-state index is 12.1. The predicted molar refractivity (Wildman–Crippen MR) is 96.1 cm³/mol. The average molecular weight is 349 g/mol. The fourth-order valence-corrected chi connectivity index (χ4v) is 3.78. The Morgan fingerprint density at radius 3 is 2.61 bits per heavy atom. The first-order chi connectivity index (χ1) is 11.2. The Morgan fingerprint density at radius 2 is 1.96 bits per heavy atom. The first kappa shape index (κ1) is 16.5. The lowest BCUT2D eigenvalue weighted by molar-refractivity contribution is 0.0935. The highest BCUT2D eigenvalue weighted by Crippen LogP contribution is 2.20. The molecule has 1 aliphatic heterocycles. The summed E-state index contributed by atoms with van der Waals surface area (Å²) in [5.74, 6) is 0.563. The monoisotopic (exact) mass is 348 g/mol. The minimum atomic E-state index is -0.0114. The summed E-state index contributed by atoms with van der Waals surface area (Å²) in [5.41, 5.74) is 0.671. The van der Waals surface area contributed by atoms with E-state index in [1.807, 2.05) is 11.3 Å². The average Bonchev–Trinajstić information content (AvgIpc) is 3.07. The van der Waals surface area contributed by atoms with Crippen LogP contribution in [0.15, 0.2) is 41.8 Å². The number of likely N-dealkylation sites (tertiary alicyclic amines) is 1. The third-order valence-electron chi connectivity index (χ3n) is 4.32. The van der Waals surface area contributed by atoms with Crippen molar-refractivity contribution in [3.8, 4) is 0 Å². The third kappa shape index (κ3) is 4.80. The van der Waals surface area contributed by atoms with Crippen LogP contribution in [0.3, 0.4) is 0 Å². The summed E-state index contributed by atoms with van der Waals surface area (Å²) >= 11 is 7.67. The van der Waals surface area contributed by atoms with Crippen molar-refractivity contribution in [1.82, 2.24) is 10.2 Å². The highest BCUT2D eigenvalue weighted by atomic mass is 35.5. The highest BCUT2D eigenvalue weighted by Gasteiger charge is 2.20. The fourth-order valence-electron chi connectivity index (χ4n) is 2.91. The van der Waals surface area contributed by atoms with Crippen molar-refractivity contribution in [2.45, 2.75) is 19.4 Å². The zero-order chi connectivity index (χ0) is 16.1. The Kier molecular flexibility index (Phi) is 5.70. The third-order valence-corrected chi connectivity index (χ3v) is 5.44. The molecule has 3 nitrogen and oxygen atoms in total. The van der Waals surface area contributed by atoms with E-state index in [9.17, 15) is 4.79 Å². The molecule has 1 N–H and O–H groups in total. The molecule has 1 aromatic heterocycles. The molecular weight excluding hydrogens is 328 g/mol. The summed E-state index contributed by atoms with van der Waals surface area (Å²) < 4.78 is 0. The first-order valence-corrected chi connectivity index (χ1v) is 9.25. The molecule has 0 radical (unpaired) electrons. The second kappa shape index (κ2) is 7.95. The van der Waals surface area contributed by atoms with Gasteiger partial charge in [-0.25, -0.2) is 0 Å². The Morgan fingerprint density at radius 1 is 1.22 bits per heavy atom. The second-order valence-electron chi connectivity index (χ2n) is 6.02. The van der Waals surface area contributed by atoms with Gasteiger partial charge in [-0.15, -0.1) is 11.3 Å². The van der Waals surface area contributed by atoms with Crippen molar-refractivity contribution in [2.75, 3.05) is 19.6 Å². The predicted octanol–water partition coefficient (Wildman–Crippen LogP) is 4.04. The fraction of sp³-hybridized carbons (Fsp3) is 0.389. The molecule has 1 fully saturated rings. The van der Waals surface area contributed by atoms with Crippen molar-refractivity contribution in [2.24, 2.45) is 5.92 Å². The number of nitrogens with zero attached hydrogens (tertiary/aromatic N) is 1. The molecule has 5 heteroatoms. The van der Waals surface area contributed by atoms with E-state index >= 15 is 0 Å². The summed E-state index contributed by atoms with van der Waals surface area (Å²) in [5, 5.41) is 5.84. The molecule has 0 atom stereocenters. The number of amides is 1. The van der Waals surface area contributed by atoms with Gasteiger partial charge in [-0.3, -0.25) is 9.69 Å². The molecule has 0 unspecified atom stereocenters. The molecule has 2 heterocycles. The lowest BCUT2D eigenvalue weighted by Crippen LogP contribution is -2.38. The SMILES string of the molecule is O=C(NCC1CCN(Cc2cccs2)CC1)c1ccc(Cl)cc1. The maximum Gasteiger partial charge on any atom is 0.251 e. The molecule has 1 aliphatic rings. The van der Waals surface area contributed by atoms with E-state index < -0.39 is 0 Å². The maximum atomic E-state index is 12.1.